The number of carbonyl (C=O) groups excluding carboxylic acids is 1. The summed E-state index contributed by atoms with van der Waals surface area (Å²) in [5.41, 5.74) is 2.03. The third kappa shape index (κ3) is 7.44. The number of amides is 2. The Morgan fingerprint density at radius 3 is 2.57 bits per heavy atom. The Bertz CT molecular complexity index is 582. The Morgan fingerprint density at radius 1 is 1.07 bits per heavy atom. The Hall–Kier alpha value is -1.59. The molecule has 1 saturated carbocycles. The number of hydrogen-bond acceptors (Lipinski definition) is 3. The molecule has 1 unspecified atom stereocenters. The maximum Gasteiger partial charge on any atom is 0.319 e. The number of anilines is 1. The lowest BCUT2D eigenvalue weighted by Gasteiger charge is -2.33. The summed E-state index contributed by atoms with van der Waals surface area (Å²) in [5, 5.41) is 5.95. The molecule has 156 valence electrons. The van der Waals surface area contributed by atoms with Crippen LogP contribution in [0.1, 0.15) is 56.9 Å². The highest BCUT2D eigenvalue weighted by atomic mass is 16.5. The molecular weight excluding hydrogens is 350 g/mol. The number of ether oxygens (including phenoxy) is 1. The Labute approximate surface area is 170 Å². The van der Waals surface area contributed by atoms with Crippen molar-refractivity contribution in [3.05, 3.63) is 29.8 Å². The maximum atomic E-state index is 12.1. The van der Waals surface area contributed by atoms with Crippen LogP contribution in [0.15, 0.2) is 24.3 Å². The van der Waals surface area contributed by atoms with E-state index in [0.717, 1.165) is 38.5 Å². The van der Waals surface area contributed by atoms with Crippen molar-refractivity contribution in [1.29, 1.82) is 0 Å². The van der Waals surface area contributed by atoms with Crippen LogP contribution >= 0.6 is 0 Å². The SMILES string of the molecule is Cc1ccc(NC(=O)NCC2CCCN(CCOC3CCCCCC3)C2)cc1. The lowest BCUT2D eigenvalue weighted by atomic mass is 9.98. The van der Waals surface area contributed by atoms with Crippen molar-refractivity contribution in [2.45, 2.75) is 64.4 Å². The van der Waals surface area contributed by atoms with Gasteiger partial charge in [0.15, 0.2) is 0 Å². The van der Waals surface area contributed by atoms with E-state index in [4.69, 9.17) is 4.74 Å². The van der Waals surface area contributed by atoms with Crippen molar-refractivity contribution in [2.24, 2.45) is 5.92 Å². The molecule has 1 aliphatic carbocycles. The molecule has 0 aromatic heterocycles. The van der Waals surface area contributed by atoms with E-state index < -0.39 is 0 Å². The van der Waals surface area contributed by atoms with E-state index in [9.17, 15) is 4.79 Å². The summed E-state index contributed by atoms with van der Waals surface area (Å²) in [4.78, 5) is 14.6. The van der Waals surface area contributed by atoms with Crippen molar-refractivity contribution < 1.29 is 9.53 Å². The first-order valence-electron chi connectivity index (χ1n) is 11.1. The summed E-state index contributed by atoms with van der Waals surface area (Å²) in [7, 11) is 0. The van der Waals surface area contributed by atoms with Gasteiger partial charge in [0, 0.05) is 25.3 Å². The highest BCUT2D eigenvalue weighted by molar-refractivity contribution is 5.89. The minimum Gasteiger partial charge on any atom is -0.377 e. The van der Waals surface area contributed by atoms with Gasteiger partial charge in [-0.05, 0) is 57.2 Å². The van der Waals surface area contributed by atoms with Crippen molar-refractivity contribution in [3.63, 3.8) is 0 Å². The van der Waals surface area contributed by atoms with Gasteiger partial charge in [0.2, 0.25) is 0 Å². The van der Waals surface area contributed by atoms with Crippen molar-refractivity contribution in [3.8, 4) is 0 Å². The fraction of sp³-hybridized carbons (Fsp3) is 0.696. The van der Waals surface area contributed by atoms with E-state index in [2.05, 4.69) is 15.5 Å². The lowest BCUT2D eigenvalue weighted by Crippen LogP contribution is -2.43. The molecule has 2 aliphatic rings. The van der Waals surface area contributed by atoms with Crippen LogP contribution in [0.5, 0.6) is 0 Å². The monoisotopic (exact) mass is 387 g/mol. The molecule has 2 amide bonds. The molecule has 0 bridgehead atoms. The number of urea groups is 1. The summed E-state index contributed by atoms with van der Waals surface area (Å²) in [5.74, 6) is 0.524. The summed E-state index contributed by atoms with van der Waals surface area (Å²) in [6.07, 6.45) is 10.7. The first-order chi connectivity index (χ1) is 13.7. The van der Waals surface area contributed by atoms with Gasteiger partial charge < -0.3 is 20.3 Å². The van der Waals surface area contributed by atoms with Crippen molar-refractivity contribution in [1.82, 2.24) is 10.2 Å². The standard InChI is InChI=1S/C23H37N3O2/c1-19-10-12-21(13-11-19)25-23(27)24-17-20-7-6-14-26(18-20)15-16-28-22-8-4-2-3-5-9-22/h10-13,20,22H,2-9,14-18H2,1H3,(H2,24,25,27). The predicted molar refractivity (Wildman–Crippen MR) is 115 cm³/mol. The molecule has 0 radical (unpaired) electrons. The van der Waals surface area contributed by atoms with Crippen LogP contribution in [0.2, 0.25) is 0 Å². The van der Waals surface area contributed by atoms with Gasteiger partial charge in [-0.25, -0.2) is 4.79 Å². The van der Waals surface area contributed by atoms with Gasteiger partial charge in [-0.2, -0.15) is 0 Å². The fourth-order valence-electron chi connectivity index (χ4n) is 4.33. The number of carbonyl (C=O) groups is 1. The second-order valence-electron chi connectivity index (χ2n) is 8.49. The van der Waals surface area contributed by atoms with Crippen LogP contribution in [0, 0.1) is 12.8 Å². The number of hydrogen-bond donors (Lipinski definition) is 2. The van der Waals surface area contributed by atoms with Crippen LogP contribution < -0.4 is 10.6 Å². The summed E-state index contributed by atoms with van der Waals surface area (Å²) in [6.45, 7) is 6.85. The van der Waals surface area contributed by atoms with Gasteiger partial charge in [0.1, 0.15) is 0 Å². The first kappa shape index (κ1) is 21.1. The molecule has 1 aromatic rings. The van der Waals surface area contributed by atoms with Crippen LogP contribution in [0.4, 0.5) is 10.5 Å². The van der Waals surface area contributed by atoms with E-state index in [0.29, 0.717) is 12.0 Å². The molecule has 0 spiro atoms. The molecular formula is C23H37N3O2. The van der Waals surface area contributed by atoms with Crippen molar-refractivity contribution in [2.75, 3.05) is 38.1 Å². The third-order valence-corrected chi connectivity index (χ3v) is 6.03. The van der Waals surface area contributed by atoms with Gasteiger partial charge in [0.05, 0.1) is 12.7 Å². The molecule has 3 rings (SSSR count). The first-order valence-corrected chi connectivity index (χ1v) is 11.1. The number of likely N-dealkylation sites (tertiary alicyclic amines) is 1. The summed E-state index contributed by atoms with van der Waals surface area (Å²) >= 11 is 0. The van der Waals surface area contributed by atoms with Crippen LogP contribution in [-0.4, -0.2) is 49.8 Å². The van der Waals surface area contributed by atoms with Gasteiger partial charge >= 0.3 is 6.03 Å². The van der Waals surface area contributed by atoms with Gasteiger partial charge in [-0.1, -0.05) is 43.4 Å². The zero-order valence-electron chi connectivity index (χ0n) is 17.4. The van der Waals surface area contributed by atoms with E-state index in [-0.39, 0.29) is 6.03 Å². The number of rotatable bonds is 7. The van der Waals surface area contributed by atoms with Gasteiger partial charge in [-0.15, -0.1) is 0 Å². The number of nitrogens with one attached hydrogen (secondary N) is 2. The zero-order valence-corrected chi connectivity index (χ0v) is 17.4. The lowest BCUT2D eigenvalue weighted by molar-refractivity contribution is 0.0223. The molecule has 1 heterocycles. The smallest absolute Gasteiger partial charge is 0.319 e. The highest BCUT2D eigenvalue weighted by Crippen LogP contribution is 2.20. The number of aryl methyl sites for hydroxylation is 1. The molecule has 28 heavy (non-hydrogen) atoms. The third-order valence-electron chi connectivity index (χ3n) is 6.03. The number of benzene rings is 1. The molecule has 5 heteroatoms. The average molecular weight is 388 g/mol. The Morgan fingerprint density at radius 2 is 1.82 bits per heavy atom. The normalized spacial score (nSPS) is 21.8. The molecule has 5 nitrogen and oxygen atoms in total. The molecule has 2 fully saturated rings. The van der Waals surface area contributed by atoms with Crippen LogP contribution in [0.25, 0.3) is 0 Å². The van der Waals surface area contributed by atoms with Gasteiger partial charge in [-0.3, -0.25) is 0 Å². The molecule has 1 aromatic carbocycles. The molecule has 1 atom stereocenters. The molecule has 1 aliphatic heterocycles. The second kappa shape index (κ2) is 11.4. The zero-order chi connectivity index (χ0) is 19.6. The Balaban J connectivity index is 1.31. The second-order valence-corrected chi connectivity index (χ2v) is 8.49. The largest absolute Gasteiger partial charge is 0.377 e. The number of nitrogens with zero attached hydrogens (tertiary/aromatic N) is 1. The highest BCUT2D eigenvalue weighted by Gasteiger charge is 2.21. The van der Waals surface area contributed by atoms with Crippen molar-refractivity contribution >= 4 is 11.7 Å². The van der Waals surface area contributed by atoms with Crippen LogP contribution in [0.3, 0.4) is 0 Å². The Kier molecular flexibility index (Phi) is 8.62. The number of piperidine rings is 1. The average Bonchev–Trinajstić information content (AvgIpc) is 2.97. The van der Waals surface area contributed by atoms with E-state index in [1.165, 1.54) is 56.9 Å². The quantitative estimate of drug-likeness (QED) is 0.674. The molecule has 1 saturated heterocycles. The minimum atomic E-state index is -0.113. The topological polar surface area (TPSA) is 53.6 Å². The fourth-order valence-corrected chi connectivity index (χ4v) is 4.33. The van der Waals surface area contributed by atoms with Crippen LogP contribution in [-0.2, 0) is 4.74 Å². The van der Waals surface area contributed by atoms with E-state index >= 15 is 0 Å². The summed E-state index contributed by atoms with van der Waals surface area (Å²) < 4.78 is 6.15. The van der Waals surface area contributed by atoms with Gasteiger partial charge in [0.25, 0.3) is 0 Å². The molecule has 2 N–H and O–H groups in total. The summed E-state index contributed by atoms with van der Waals surface area (Å²) in [6, 6.07) is 7.77. The maximum absolute atomic E-state index is 12.1. The van der Waals surface area contributed by atoms with E-state index in [1.807, 2.05) is 31.2 Å². The minimum absolute atomic E-state index is 0.113. The predicted octanol–water partition coefficient (Wildman–Crippen LogP) is 4.57. The van der Waals surface area contributed by atoms with E-state index in [1.54, 1.807) is 0 Å².